The van der Waals surface area contributed by atoms with E-state index in [1.165, 1.54) is 0 Å². The van der Waals surface area contributed by atoms with E-state index in [0.717, 1.165) is 30.4 Å². The summed E-state index contributed by atoms with van der Waals surface area (Å²) in [6, 6.07) is 0. The van der Waals surface area contributed by atoms with Crippen molar-refractivity contribution in [3.05, 3.63) is 5.82 Å². The lowest BCUT2D eigenvalue weighted by Crippen LogP contribution is -2.29. The molecule has 16 heavy (non-hydrogen) atoms. The second kappa shape index (κ2) is 5.68. The van der Waals surface area contributed by atoms with Crippen molar-refractivity contribution in [2.75, 3.05) is 5.75 Å². The summed E-state index contributed by atoms with van der Waals surface area (Å²) >= 11 is 1.59. The quantitative estimate of drug-likeness (QED) is 0.779. The number of rotatable bonds is 6. The Balaban J connectivity index is 2.67. The molecule has 5 heteroatoms. The van der Waals surface area contributed by atoms with Gasteiger partial charge in [-0.25, -0.2) is 0 Å². The maximum atomic E-state index is 10.2. The minimum atomic E-state index is -0.580. The zero-order valence-electron chi connectivity index (χ0n) is 10.5. The van der Waals surface area contributed by atoms with Crippen LogP contribution in [-0.2, 0) is 6.54 Å². The molecule has 4 nitrogen and oxygen atoms in total. The van der Waals surface area contributed by atoms with Crippen molar-refractivity contribution in [2.24, 2.45) is 0 Å². The molecule has 1 heterocycles. The molecular weight excluding hydrogens is 222 g/mol. The fraction of sp³-hybridized carbons (Fsp3) is 0.818. The van der Waals surface area contributed by atoms with Gasteiger partial charge in [0.25, 0.3) is 0 Å². The first-order valence-electron chi connectivity index (χ1n) is 5.81. The molecule has 1 rings (SSSR count). The Bertz CT molecular complexity index is 334. The maximum Gasteiger partial charge on any atom is 0.191 e. The zero-order chi connectivity index (χ0) is 12.2. The summed E-state index contributed by atoms with van der Waals surface area (Å²) in [6.07, 6.45) is 1.55. The first-order valence-corrected chi connectivity index (χ1v) is 6.79. The van der Waals surface area contributed by atoms with E-state index in [9.17, 15) is 5.11 Å². The predicted octanol–water partition coefficient (Wildman–Crippen LogP) is 2.25. The topological polar surface area (TPSA) is 50.9 Å². The van der Waals surface area contributed by atoms with Crippen molar-refractivity contribution in [3.8, 4) is 0 Å². The van der Waals surface area contributed by atoms with Crippen LogP contribution in [0.25, 0.3) is 0 Å². The number of thioether (sulfide) groups is 1. The second-order valence-electron chi connectivity index (χ2n) is 3.99. The summed E-state index contributed by atoms with van der Waals surface area (Å²) in [5.74, 6) is 1.61. The highest BCUT2D eigenvalue weighted by Crippen LogP contribution is 2.25. The second-order valence-corrected chi connectivity index (χ2v) is 4.94. The van der Waals surface area contributed by atoms with Crippen LogP contribution in [0.2, 0.25) is 0 Å². The Morgan fingerprint density at radius 3 is 2.38 bits per heavy atom. The van der Waals surface area contributed by atoms with Gasteiger partial charge in [-0.2, -0.15) is 0 Å². The highest BCUT2D eigenvalue weighted by Gasteiger charge is 2.23. The molecule has 0 aliphatic carbocycles. The molecule has 0 saturated heterocycles. The first-order chi connectivity index (χ1) is 7.56. The van der Waals surface area contributed by atoms with Gasteiger partial charge in [0.2, 0.25) is 0 Å². The van der Waals surface area contributed by atoms with Crippen molar-refractivity contribution < 1.29 is 5.11 Å². The van der Waals surface area contributed by atoms with Crippen molar-refractivity contribution in [3.63, 3.8) is 0 Å². The van der Waals surface area contributed by atoms with Crippen LogP contribution in [0.3, 0.4) is 0 Å². The summed E-state index contributed by atoms with van der Waals surface area (Å²) in [5.41, 5.74) is -0.580. The van der Waals surface area contributed by atoms with Crippen molar-refractivity contribution in [1.82, 2.24) is 14.8 Å². The van der Waals surface area contributed by atoms with E-state index in [0.29, 0.717) is 5.75 Å². The highest BCUT2D eigenvalue weighted by atomic mass is 32.2. The summed E-state index contributed by atoms with van der Waals surface area (Å²) in [7, 11) is 0. The van der Waals surface area contributed by atoms with E-state index >= 15 is 0 Å². The summed E-state index contributed by atoms with van der Waals surface area (Å²) in [4.78, 5) is 0. The molecular formula is C11H21N3OS. The van der Waals surface area contributed by atoms with Gasteiger partial charge in [-0.3, -0.25) is 0 Å². The third-order valence-corrected chi connectivity index (χ3v) is 4.25. The fourth-order valence-corrected chi connectivity index (χ4v) is 2.81. The molecule has 0 amide bonds. The Kier molecular flexibility index (Phi) is 4.80. The Morgan fingerprint density at radius 2 is 1.88 bits per heavy atom. The molecule has 0 atom stereocenters. The SMILES string of the molecule is CCn1c(C)nnc1SCC(O)(CC)CC. The van der Waals surface area contributed by atoms with Gasteiger partial charge in [-0.1, -0.05) is 25.6 Å². The summed E-state index contributed by atoms with van der Waals surface area (Å²) in [5, 5.41) is 19.3. The van der Waals surface area contributed by atoms with E-state index in [1.807, 2.05) is 20.8 Å². The molecule has 0 radical (unpaired) electrons. The van der Waals surface area contributed by atoms with Gasteiger partial charge in [0.15, 0.2) is 5.16 Å². The minimum Gasteiger partial charge on any atom is -0.389 e. The number of hydrogen-bond acceptors (Lipinski definition) is 4. The molecule has 1 aromatic rings. The van der Waals surface area contributed by atoms with Gasteiger partial charge in [0.1, 0.15) is 5.82 Å². The lowest BCUT2D eigenvalue weighted by Gasteiger charge is -2.24. The van der Waals surface area contributed by atoms with Crippen molar-refractivity contribution >= 4 is 11.8 Å². The van der Waals surface area contributed by atoms with Crippen LogP contribution in [0.15, 0.2) is 5.16 Å². The van der Waals surface area contributed by atoms with Gasteiger partial charge < -0.3 is 9.67 Å². The Labute approximate surface area is 101 Å². The average molecular weight is 243 g/mol. The third-order valence-electron chi connectivity index (χ3n) is 3.00. The molecule has 0 aliphatic rings. The van der Waals surface area contributed by atoms with E-state index < -0.39 is 5.60 Å². The lowest BCUT2D eigenvalue weighted by atomic mass is 10.0. The Hall–Kier alpha value is -0.550. The number of aromatic nitrogens is 3. The molecule has 0 spiro atoms. The average Bonchev–Trinajstić information content (AvgIpc) is 2.66. The maximum absolute atomic E-state index is 10.2. The summed E-state index contributed by atoms with van der Waals surface area (Å²) in [6.45, 7) is 8.93. The molecule has 0 aliphatic heterocycles. The van der Waals surface area contributed by atoms with E-state index in [-0.39, 0.29) is 0 Å². The molecule has 0 saturated carbocycles. The van der Waals surface area contributed by atoms with Gasteiger partial charge in [-0.05, 0) is 26.7 Å². The normalized spacial score (nSPS) is 12.1. The van der Waals surface area contributed by atoms with E-state index in [2.05, 4.69) is 21.7 Å². The number of nitrogens with zero attached hydrogens (tertiary/aromatic N) is 3. The van der Waals surface area contributed by atoms with Crippen molar-refractivity contribution in [2.45, 2.75) is 57.8 Å². The third kappa shape index (κ3) is 2.98. The van der Waals surface area contributed by atoms with E-state index in [4.69, 9.17) is 0 Å². The van der Waals surface area contributed by atoms with Gasteiger partial charge in [0, 0.05) is 12.3 Å². The van der Waals surface area contributed by atoms with E-state index in [1.54, 1.807) is 11.8 Å². The number of aliphatic hydroxyl groups is 1. The van der Waals surface area contributed by atoms with Crippen LogP contribution in [-0.4, -0.2) is 31.2 Å². The van der Waals surface area contributed by atoms with Gasteiger partial charge in [0.05, 0.1) is 5.60 Å². The van der Waals surface area contributed by atoms with Crippen LogP contribution < -0.4 is 0 Å². The largest absolute Gasteiger partial charge is 0.389 e. The summed E-state index contributed by atoms with van der Waals surface area (Å²) < 4.78 is 2.07. The lowest BCUT2D eigenvalue weighted by molar-refractivity contribution is 0.0571. The highest BCUT2D eigenvalue weighted by molar-refractivity contribution is 7.99. The molecule has 0 bridgehead atoms. The van der Waals surface area contributed by atoms with Crippen LogP contribution in [0.4, 0.5) is 0 Å². The number of hydrogen-bond donors (Lipinski definition) is 1. The van der Waals surface area contributed by atoms with Crippen LogP contribution in [0.5, 0.6) is 0 Å². The number of aryl methyl sites for hydroxylation is 1. The monoisotopic (exact) mass is 243 g/mol. The molecule has 0 unspecified atom stereocenters. The zero-order valence-corrected chi connectivity index (χ0v) is 11.3. The smallest absolute Gasteiger partial charge is 0.191 e. The van der Waals surface area contributed by atoms with Crippen molar-refractivity contribution in [1.29, 1.82) is 0 Å². The van der Waals surface area contributed by atoms with Gasteiger partial charge in [-0.15, -0.1) is 10.2 Å². The van der Waals surface area contributed by atoms with Crippen LogP contribution in [0, 0.1) is 6.92 Å². The van der Waals surface area contributed by atoms with Gasteiger partial charge >= 0.3 is 0 Å². The molecule has 92 valence electrons. The minimum absolute atomic E-state index is 0.580. The predicted molar refractivity (Wildman–Crippen MR) is 66.7 cm³/mol. The molecule has 0 aromatic carbocycles. The van der Waals surface area contributed by atoms with Crippen LogP contribution >= 0.6 is 11.8 Å². The molecule has 1 N–H and O–H groups in total. The molecule has 0 fully saturated rings. The molecule has 1 aromatic heterocycles. The fourth-order valence-electron chi connectivity index (χ4n) is 1.49. The standard InChI is InChI=1S/C11H21N3OS/c1-5-11(15,6-2)8-16-10-13-12-9(4)14(10)7-3/h15H,5-8H2,1-4H3. The van der Waals surface area contributed by atoms with Crippen LogP contribution in [0.1, 0.15) is 39.4 Å². The Morgan fingerprint density at radius 1 is 1.25 bits per heavy atom. The first kappa shape index (κ1) is 13.5.